The molecule has 0 atom stereocenters. The summed E-state index contributed by atoms with van der Waals surface area (Å²) in [4.78, 5) is 0. The van der Waals surface area contributed by atoms with Crippen LogP contribution in [0.25, 0.3) is 11.1 Å². The molecular weight excluding hydrogens is 502 g/mol. The van der Waals surface area contributed by atoms with Crippen LogP contribution < -0.4 is 24.8 Å². The first-order valence-electron chi connectivity index (χ1n) is 7.11. The largest absolute Gasteiger partial charge is 4.00 e. The molecule has 0 bridgehead atoms. The molecule has 0 heterocycles. The van der Waals surface area contributed by atoms with Crippen LogP contribution in [0.1, 0.15) is 16.7 Å². The van der Waals surface area contributed by atoms with Crippen LogP contribution in [0, 0.1) is 13.0 Å². The molecule has 0 nitrogen and oxygen atoms in total. The van der Waals surface area contributed by atoms with Crippen LogP contribution in [0.4, 0.5) is 0 Å². The van der Waals surface area contributed by atoms with Gasteiger partial charge in [0, 0.05) is 0 Å². The van der Waals surface area contributed by atoms with E-state index >= 15 is 0 Å². The molecule has 0 radical (unpaired) electrons. The van der Waals surface area contributed by atoms with Crippen LogP contribution >= 0.6 is 0 Å². The standard InChI is InChI=1S/C13H9.C6H7.C2H4.2ClH.Hf/c1-3-7-12-10(5-1)9-11-6-2-4-8-13(11)12;1-6-4-2-3-5-6;1-2;;;/h1-5,7-8H,9H2;2-5H,1H3;1-2H2;2*1H;/q2*-1;;;;+4/p-2. The quantitative estimate of drug-likeness (QED) is 0.168. The fraction of sp³-hybridized carbons (Fsp3) is 0.0952. The second kappa shape index (κ2) is 13.3. The van der Waals surface area contributed by atoms with Crippen LogP contribution in [-0.2, 0) is 32.3 Å². The summed E-state index contributed by atoms with van der Waals surface area (Å²) < 4.78 is 0. The molecular formula is C21H20Cl2Hf. The fourth-order valence-corrected chi connectivity index (χ4v) is 2.47. The Balaban J connectivity index is 0. The Morgan fingerprint density at radius 3 is 2.04 bits per heavy atom. The van der Waals surface area contributed by atoms with Crippen LogP contribution in [0.2, 0.25) is 0 Å². The van der Waals surface area contributed by atoms with E-state index in [2.05, 4.69) is 74.7 Å². The molecule has 0 saturated carbocycles. The molecule has 0 fully saturated rings. The Morgan fingerprint density at radius 2 is 1.46 bits per heavy atom. The Morgan fingerprint density at radius 1 is 0.875 bits per heavy atom. The van der Waals surface area contributed by atoms with Crippen molar-refractivity contribution < 1.29 is 50.7 Å². The summed E-state index contributed by atoms with van der Waals surface area (Å²) in [5.41, 5.74) is 6.85. The SMILES string of the molecule is C=C.C[c-]1cccc1.[Cl-].[Cl-].[Hf+4].[c-]1cccc2c1Cc1ccccc1-2. The summed E-state index contributed by atoms with van der Waals surface area (Å²) in [6, 6.07) is 26.3. The van der Waals surface area contributed by atoms with E-state index in [4.69, 9.17) is 0 Å². The van der Waals surface area contributed by atoms with Crippen molar-refractivity contribution in [2.24, 2.45) is 0 Å². The van der Waals surface area contributed by atoms with E-state index in [1.54, 1.807) is 0 Å². The monoisotopic (exact) mass is 522 g/mol. The predicted octanol–water partition coefficient (Wildman–Crippen LogP) is -0.420. The molecule has 3 heteroatoms. The van der Waals surface area contributed by atoms with Crippen molar-refractivity contribution in [3.05, 3.63) is 103 Å². The van der Waals surface area contributed by atoms with Crippen LogP contribution in [0.5, 0.6) is 0 Å². The minimum absolute atomic E-state index is 0. The van der Waals surface area contributed by atoms with Gasteiger partial charge in [-0.05, 0) is 6.42 Å². The van der Waals surface area contributed by atoms with E-state index in [1.807, 2.05) is 18.2 Å². The number of hydrogen-bond acceptors (Lipinski definition) is 0. The maximum Gasteiger partial charge on any atom is 4.00 e. The van der Waals surface area contributed by atoms with Crippen LogP contribution in [-0.4, -0.2) is 0 Å². The first-order valence-corrected chi connectivity index (χ1v) is 7.11. The molecule has 1 aliphatic carbocycles. The summed E-state index contributed by atoms with van der Waals surface area (Å²) in [5.74, 6) is 0. The van der Waals surface area contributed by atoms with E-state index in [9.17, 15) is 0 Å². The molecule has 0 aliphatic heterocycles. The third-order valence-corrected chi connectivity index (χ3v) is 3.45. The van der Waals surface area contributed by atoms with E-state index in [0.717, 1.165) is 6.42 Å². The van der Waals surface area contributed by atoms with Gasteiger partial charge in [-0.3, -0.25) is 0 Å². The van der Waals surface area contributed by atoms with Gasteiger partial charge in [-0.15, -0.1) is 18.7 Å². The molecule has 0 N–H and O–H groups in total. The first kappa shape index (κ1) is 25.2. The van der Waals surface area contributed by atoms with Gasteiger partial charge in [0.2, 0.25) is 0 Å². The van der Waals surface area contributed by atoms with Gasteiger partial charge in [0.25, 0.3) is 0 Å². The zero-order valence-electron chi connectivity index (χ0n) is 13.7. The maximum absolute atomic E-state index is 3.30. The van der Waals surface area contributed by atoms with Crippen molar-refractivity contribution in [2.75, 3.05) is 0 Å². The van der Waals surface area contributed by atoms with Crippen molar-refractivity contribution in [1.82, 2.24) is 0 Å². The second-order valence-electron chi connectivity index (χ2n) is 4.86. The first-order chi connectivity index (χ1) is 10.3. The number of hydrogen-bond donors (Lipinski definition) is 0. The van der Waals surface area contributed by atoms with E-state index in [1.165, 1.54) is 27.8 Å². The molecule has 0 aromatic heterocycles. The number of fused-ring (bicyclic) bond motifs is 3. The Hall–Kier alpha value is -1.02. The average molecular weight is 522 g/mol. The normalized spacial score (nSPS) is 9.04. The fourth-order valence-electron chi connectivity index (χ4n) is 2.47. The van der Waals surface area contributed by atoms with E-state index in [-0.39, 0.29) is 50.7 Å². The zero-order chi connectivity index (χ0) is 15.1. The topological polar surface area (TPSA) is 0 Å². The van der Waals surface area contributed by atoms with Gasteiger partial charge in [0.15, 0.2) is 0 Å². The van der Waals surface area contributed by atoms with Gasteiger partial charge >= 0.3 is 25.8 Å². The van der Waals surface area contributed by atoms with Crippen LogP contribution in [0.3, 0.4) is 0 Å². The smallest absolute Gasteiger partial charge is 1.00 e. The predicted molar refractivity (Wildman–Crippen MR) is 91.5 cm³/mol. The molecule has 0 unspecified atom stereocenters. The number of halogens is 2. The van der Waals surface area contributed by atoms with Crippen molar-refractivity contribution in [3.8, 4) is 11.1 Å². The van der Waals surface area contributed by atoms with Gasteiger partial charge < -0.3 is 24.8 Å². The van der Waals surface area contributed by atoms with Crippen molar-refractivity contribution in [1.29, 1.82) is 0 Å². The van der Waals surface area contributed by atoms with Gasteiger partial charge in [-0.1, -0.05) is 42.3 Å². The third-order valence-electron chi connectivity index (χ3n) is 3.45. The van der Waals surface area contributed by atoms with Crippen molar-refractivity contribution >= 4 is 0 Å². The minimum atomic E-state index is 0. The number of rotatable bonds is 0. The second-order valence-corrected chi connectivity index (χ2v) is 4.86. The molecule has 24 heavy (non-hydrogen) atoms. The Bertz CT molecular complexity index is 647. The summed E-state index contributed by atoms with van der Waals surface area (Å²) in [7, 11) is 0. The van der Waals surface area contributed by atoms with E-state index < -0.39 is 0 Å². The molecule has 4 rings (SSSR count). The van der Waals surface area contributed by atoms with Gasteiger partial charge in [-0.25, -0.2) is 12.1 Å². The Labute approximate surface area is 177 Å². The summed E-state index contributed by atoms with van der Waals surface area (Å²) in [6.45, 7) is 8.08. The number of benzene rings is 2. The summed E-state index contributed by atoms with van der Waals surface area (Å²) in [5, 5.41) is 0. The molecule has 3 aromatic rings. The van der Waals surface area contributed by atoms with Crippen molar-refractivity contribution in [2.45, 2.75) is 13.3 Å². The molecule has 3 aromatic carbocycles. The zero-order valence-corrected chi connectivity index (χ0v) is 18.8. The maximum atomic E-state index is 3.30. The van der Waals surface area contributed by atoms with Crippen molar-refractivity contribution in [3.63, 3.8) is 0 Å². The average Bonchev–Trinajstić information content (AvgIpc) is 3.16. The summed E-state index contributed by atoms with van der Waals surface area (Å²) >= 11 is 0. The van der Waals surface area contributed by atoms with Crippen LogP contribution in [0.15, 0.2) is 79.9 Å². The molecule has 1 aliphatic rings. The van der Waals surface area contributed by atoms with E-state index in [0.29, 0.717) is 0 Å². The Kier molecular flexibility index (Phi) is 14.0. The third kappa shape index (κ3) is 6.47. The molecule has 0 saturated heterocycles. The van der Waals surface area contributed by atoms with Gasteiger partial charge in [0.1, 0.15) is 0 Å². The summed E-state index contributed by atoms with van der Waals surface area (Å²) in [6.07, 6.45) is 1.05. The van der Waals surface area contributed by atoms with Gasteiger partial charge in [-0.2, -0.15) is 47.5 Å². The molecule has 0 amide bonds. The minimum Gasteiger partial charge on any atom is -1.00 e. The molecule has 0 spiro atoms. The van der Waals surface area contributed by atoms with Gasteiger partial charge in [0.05, 0.1) is 0 Å². The molecule has 122 valence electrons. The number of aryl methyl sites for hydroxylation is 1.